The summed E-state index contributed by atoms with van der Waals surface area (Å²) in [4.78, 5) is 10.3. The minimum atomic E-state index is -0.847. The molecular weight excluding hydrogens is 116 g/mol. The lowest BCUT2D eigenvalue weighted by atomic mass is 9.90. The van der Waals surface area contributed by atoms with Gasteiger partial charge < -0.3 is 5.11 Å². The molecule has 9 heavy (non-hydrogen) atoms. The number of hydrogen-bond donors (Lipinski definition) is 1. The van der Waals surface area contributed by atoms with Crippen molar-refractivity contribution in [1.29, 1.82) is 0 Å². The second-order valence-corrected chi connectivity index (χ2v) is 2.57. The topological polar surface area (TPSA) is 37.3 Å². The highest BCUT2D eigenvalue weighted by molar-refractivity contribution is 5.73. The Hall–Kier alpha value is -0.970. The number of rotatable bonds is 2. The Labute approximate surface area is 54.9 Å². The first-order valence-corrected chi connectivity index (χ1v) is 2.67. The van der Waals surface area contributed by atoms with Crippen LogP contribution < -0.4 is 0 Å². The van der Waals surface area contributed by atoms with E-state index < -0.39 is 11.4 Å². The second-order valence-electron chi connectivity index (χ2n) is 2.57. The third kappa shape index (κ3) is 2.18. The van der Waals surface area contributed by atoms with Crippen LogP contribution in [0.2, 0.25) is 0 Å². The lowest BCUT2D eigenvalue weighted by Gasteiger charge is -2.13. The van der Waals surface area contributed by atoms with Gasteiger partial charge in [-0.25, -0.2) is 0 Å². The molecule has 0 saturated carbocycles. The fraction of sp³-hybridized carbons (Fsp3) is 0.571. The molecule has 0 aliphatic rings. The van der Waals surface area contributed by atoms with Crippen molar-refractivity contribution < 1.29 is 9.90 Å². The minimum Gasteiger partial charge on any atom is -0.481 e. The van der Waals surface area contributed by atoms with E-state index in [1.54, 1.807) is 13.8 Å². The van der Waals surface area contributed by atoms with E-state index in [4.69, 9.17) is 11.5 Å². The molecule has 2 nitrogen and oxygen atoms in total. The second kappa shape index (κ2) is 2.54. The van der Waals surface area contributed by atoms with E-state index in [2.05, 4.69) is 5.92 Å². The predicted molar refractivity (Wildman–Crippen MR) is 34.9 cm³/mol. The van der Waals surface area contributed by atoms with Crippen molar-refractivity contribution in [3.8, 4) is 12.3 Å². The van der Waals surface area contributed by atoms with Crippen molar-refractivity contribution in [2.24, 2.45) is 5.41 Å². The van der Waals surface area contributed by atoms with Crippen LogP contribution in [0.15, 0.2) is 0 Å². The Kier molecular flexibility index (Phi) is 2.27. The summed E-state index contributed by atoms with van der Waals surface area (Å²) in [5, 5.41) is 8.48. The molecular formula is C7H10O2. The average molecular weight is 126 g/mol. The van der Waals surface area contributed by atoms with Crippen LogP contribution in [0.5, 0.6) is 0 Å². The van der Waals surface area contributed by atoms with Crippen LogP contribution in [-0.2, 0) is 4.79 Å². The average Bonchev–Trinajstić information content (AvgIpc) is 1.65. The quantitative estimate of drug-likeness (QED) is 0.563. The molecule has 0 aliphatic heterocycles. The van der Waals surface area contributed by atoms with Crippen LogP contribution in [0.25, 0.3) is 0 Å². The van der Waals surface area contributed by atoms with E-state index in [0.29, 0.717) is 0 Å². The predicted octanol–water partition coefficient (Wildman–Crippen LogP) is 1.12. The van der Waals surface area contributed by atoms with E-state index in [9.17, 15) is 4.79 Å². The zero-order valence-corrected chi connectivity index (χ0v) is 5.64. The molecule has 2 heteroatoms. The molecule has 0 unspecified atom stereocenters. The van der Waals surface area contributed by atoms with Crippen LogP contribution in [0.3, 0.4) is 0 Å². The Morgan fingerprint density at radius 2 is 2.22 bits per heavy atom. The molecule has 0 bridgehead atoms. The summed E-state index contributed by atoms with van der Waals surface area (Å²) in [5.74, 6) is 1.46. The maximum atomic E-state index is 10.3. The maximum Gasteiger partial charge on any atom is 0.310 e. The van der Waals surface area contributed by atoms with Crippen molar-refractivity contribution >= 4 is 5.97 Å². The summed E-state index contributed by atoms with van der Waals surface area (Å²) in [6, 6.07) is 0. The highest BCUT2D eigenvalue weighted by Crippen LogP contribution is 2.18. The van der Waals surface area contributed by atoms with Gasteiger partial charge in [0.2, 0.25) is 0 Å². The van der Waals surface area contributed by atoms with Crippen LogP contribution in [0, 0.1) is 17.8 Å². The number of carboxylic acids is 1. The van der Waals surface area contributed by atoms with Gasteiger partial charge in [-0.1, -0.05) is 0 Å². The highest BCUT2D eigenvalue weighted by Gasteiger charge is 2.25. The number of terminal acetylenes is 1. The van der Waals surface area contributed by atoms with Gasteiger partial charge in [-0.15, -0.1) is 12.3 Å². The van der Waals surface area contributed by atoms with Crippen molar-refractivity contribution in [1.82, 2.24) is 0 Å². The van der Waals surface area contributed by atoms with Gasteiger partial charge in [-0.2, -0.15) is 0 Å². The Balaban J connectivity index is 4.06. The van der Waals surface area contributed by atoms with Gasteiger partial charge in [-0.05, 0) is 13.8 Å². The maximum absolute atomic E-state index is 10.3. The fourth-order valence-electron chi connectivity index (χ4n) is 0.331. The SMILES string of the molecule is C#CCC(C)(C)C(=O)O. The molecule has 0 fully saturated rings. The smallest absolute Gasteiger partial charge is 0.310 e. The molecule has 0 aromatic carbocycles. The lowest BCUT2D eigenvalue weighted by Crippen LogP contribution is -2.22. The molecule has 0 radical (unpaired) electrons. The molecule has 0 spiro atoms. The summed E-state index contributed by atoms with van der Waals surface area (Å²) < 4.78 is 0. The van der Waals surface area contributed by atoms with Crippen molar-refractivity contribution in [3.05, 3.63) is 0 Å². The first-order valence-electron chi connectivity index (χ1n) is 2.67. The Bertz CT molecular complexity index is 151. The van der Waals surface area contributed by atoms with E-state index in [0.717, 1.165) is 0 Å². The zero-order chi connectivity index (χ0) is 7.49. The van der Waals surface area contributed by atoms with Gasteiger partial charge in [0.1, 0.15) is 0 Å². The largest absolute Gasteiger partial charge is 0.481 e. The molecule has 0 aromatic heterocycles. The van der Waals surface area contributed by atoms with Crippen LogP contribution in [0.4, 0.5) is 0 Å². The third-order valence-electron chi connectivity index (χ3n) is 1.12. The van der Waals surface area contributed by atoms with Gasteiger partial charge in [0.05, 0.1) is 5.41 Å². The van der Waals surface area contributed by atoms with E-state index >= 15 is 0 Å². The van der Waals surface area contributed by atoms with E-state index in [1.165, 1.54) is 0 Å². The summed E-state index contributed by atoms with van der Waals surface area (Å²) in [5.41, 5.74) is -0.769. The molecule has 0 rings (SSSR count). The minimum absolute atomic E-state index is 0.280. The van der Waals surface area contributed by atoms with Crippen molar-refractivity contribution in [2.45, 2.75) is 20.3 Å². The Morgan fingerprint density at radius 1 is 1.78 bits per heavy atom. The van der Waals surface area contributed by atoms with Gasteiger partial charge in [0.15, 0.2) is 0 Å². The van der Waals surface area contributed by atoms with Gasteiger partial charge in [0.25, 0.3) is 0 Å². The molecule has 0 atom stereocenters. The standard InChI is InChI=1S/C7H10O2/c1-4-5-7(2,3)6(8)9/h1H,5H2,2-3H3,(H,8,9). The van der Waals surface area contributed by atoms with Crippen LogP contribution in [-0.4, -0.2) is 11.1 Å². The van der Waals surface area contributed by atoms with Crippen LogP contribution >= 0.6 is 0 Å². The van der Waals surface area contributed by atoms with Gasteiger partial charge in [-0.3, -0.25) is 4.79 Å². The first-order chi connectivity index (χ1) is 4.00. The Morgan fingerprint density at radius 3 is 2.33 bits per heavy atom. The monoisotopic (exact) mass is 126 g/mol. The molecule has 50 valence electrons. The molecule has 0 heterocycles. The van der Waals surface area contributed by atoms with Gasteiger partial charge in [0, 0.05) is 6.42 Å². The molecule has 0 aromatic rings. The number of aliphatic carboxylic acids is 1. The lowest BCUT2D eigenvalue weighted by molar-refractivity contribution is -0.146. The summed E-state index contributed by atoms with van der Waals surface area (Å²) >= 11 is 0. The summed E-state index contributed by atoms with van der Waals surface area (Å²) in [7, 11) is 0. The highest BCUT2D eigenvalue weighted by atomic mass is 16.4. The molecule has 0 aliphatic carbocycles. The zero-order valence-electron chi connectivity index (χ0n) is 5.64. The fourth-order valence-corrected chi connectivity index (χ4v) is 0.331. The number of carboxylic acid groups (broad SMARTS) is 1. The number of carbonyl (C=O) groups is 1. The molecule has 0 amide bonds. The normalized spacial score (nSPS) is 10.3. The van der Waals surface area contributed by atoms with Crippen molar-refractivity contribution in [3.63, 3.8) is 0 Å². The summed E-state index contributed by atoms with van der Waals surface area (Å²) in [6.45, 7) is 3.21. The third-order valence-corrected chi connectivity index (χ3v) is 1.12. The number of hydrogen-bond acceptors (Lipinski definition) is 1. The van der Waals surface area contributed by atoms with Crippen molar-refractivity contribution in [2.75, 3.05) is 0 Å². The molecule has 1 N–H and O–H groups in total. The van der Waals surface area contributed by atoms with E-state index in [-0.39, 0.29) is 6.42 Å². The molecule has 0 saturated heterocycles. The summed E-state index contributed by atoms with van der Waals surface area (Å²) in [6.07, 6.45) is 5.22. The van der Waals surface area contributed by atoms with Crippen LogP contribution in [0.1, 0.15) is 20.3 Å². The van der Waals surface area contributed by atoms with Gasteiger partial charge >= 0.3 is 5.97 Å². The van der Waals surface area contributed by atoms with E-state index in [1.807, 2.05) is 0 Å². The first kappa shape index (κ1) is 8.03.